The van der Waals surface area contributed by atoms with Crippen LogP contribution in [0.15, 0.2) is 36.5 Å². The summed E-state index contributed by atoms with van der Waals surface area (Å²) in [5.74, 6) is -0.258. The molecule has 0 amide bonds. The van der Waals surface area contributed by atoms with Gasteiger partial charge in [0.05, 0.1) is 11.4 Å². The van der Waals surface area contributed by atoms with Crippen molar-refractivity contribution in [1.29, 1.82) is 0 Å². The molecule has 2 aromatic rings. The highest BCUT2D eigenvalue weighted by Gasteiger charge is 2.11. The molecule has 0 fully saturated rings. The van der Waals surface area contributed by atoms with E-state index in [4.69, 9.17) is 0 Å². The molecule has 16 heavy (non-hydrogen) atoms. The number of benzene rings is 1. The lowest BCUT2D eigenvalue weighted by atomic mass is 10.1. The quantitative estimate of drug-likeness (QED) is 0.833. The summed E-state index contributed by atoms with van der Waals surface area (Å²) < 4.78 is 14.0. The lowest BCUT2D eigenvalue weighted by molar-refractivity contribution is 0.634. The number of aryl methyl sites for hydroxylation is 1. The molecule has 0 saturated heterocycles. The van der Waals surface area contributed by atoms with E-state index in [0.717, 1.165) is 5.56 Å². The molecule has 0 aliphatic carbocycles. The van der Waals surface area contributed by atoms with Crippen LogP contribution in [0.3, 0.4) is 0 Å². The molecule has 1 aromatic heterocycles. The van der Waals surface area contributed by atoms with Crippen molar-refractivity contribution >= 4 is 5.69 Å². The fourth-order valence-corrected chi connectivity index (χ4v) is 1.68. The second-order valence-electron chi connectivity index (χ2n) is 3.59. The number of hydrogen-bond donors (Lipinski definition) is 1. The SMILES string of the molecule is CNc1cccc(-c2ncccc2C)c1F. The molecule has 0 atom stereocenters. The van der Waals surface area contributed by atoms with E-state index < -0.39 is 0 Å². The molecule has 0 radical (unpaired) electrons. The van der Waals surface area contributed by atoms with E-state index in [1.165, 1.54) is 0 Å². The van der Waals surface area contributed by atoms with Crippen LogP contribution < -0.4 is 5.32 Å². The molecule has 2 nitrogen and oxygen atoms in total. The van der Waals surface area contributed by atoms with E-state index in [2.05, 4.69) is 10.3 Å². The molecule has 1 heterocycles. The highest BCUT2D eigenvalue weighted by Crippen LogP contribution is 2.27. The first kappa shape index (κ1) is 10.6. The Labute approximate surface area is 94.2 Å². The zero-order chi connectivity index (χ0) is 11.5. The largest absolute Gasteiger partial charge is 0.386 e. The smallest absolute Gasteiger partial charge is 0.155 e. The summed E-state index contributed by atoms with van der Waals surface area (Å²) in [6, 6.07) is 9.04. The summed E-state index contributed by atoms with van der Waals surface area (Å²) in [5.41, 5.74) is 2.68. The first-order chi connectivity index (χ1) is 7.74. The van der Waals surface area contributed by atoms with Gasteiger partial charge in [0, 0.05) is 18.8 Å². The van der Waals surface area contributed by atoms with E-state index in [9.17, 15) is 4.39 Å². The number of halogens is 1. The molecular formula is C13H13FN2. The van der Waals surface area contributed by atoms with Crippen molar-refractivity contribution in [2.24, 2.45) is 0 Å². The Kier molecular flexibility index (Phi) is 2.86. The zero-order valence-electron chi connectivity index (χ0n) is 9.29. The first-order valence-corrected chi connectivity index (χ1v) is 5.12. The maximum absolute atomic E-state index is 14.0. The Hall–Kier alpha value is -1.90. The predicted octanol–water partition coefficient (Wildman–Crippen LogP) is 3.24. The molecule has 0 saturated carbocycles. The zero-order valence-corrected chi connectivity index (χ0v) is 9.29. The van der Waals surface area contributed by atoms with Gasteiger partial charge in [0.25, 0.3) is 0 Å². The summed E-state index contributed by atoms with van der Waals surface area (Å²) >= 11 is 0. The van der Waals surface area contributed by atoms with E-state index in [1.807, 2.05) is 25.1 Å². The molecular weight excluding hydrogens is 203 g/mol. The van der Waals surface area contributed by atoms with E-state index >= 15 is 0 Å². The van der Waals surface area contributed by atoms with Crippen molar-refractivity contribution in [3.8, 4) is 11.3 Å². The minimum Gasteiger partial charge on any atom is -0.386 e. The van der Waals surface area contributed by atoms with Crippen molar-refractivity contribution in [1.82, 2.24) is 4.98 Å². The Morgan fingerprint density at radius 3 is 2.69 bits per heavy atom. The topological polar surface area (TPSA) is 24.9 Å². The van der Waals surface area contributed by atoms with Gasteiger partial charge in [-0.25, -0.2) is 4.39 Å². The van der Waals surface area contributed by atoms with E-state index in [1.54, 1.807) is 25.4 Å². The van der Waals surface area contributed by atoms with Gasteiger partial charge in [0.1, 0.15) is 0 Å². The van der Waals surface area contributed by atoms with Gasteiger partial charge in [0.2, 0.25) is 0 Å². The number of nitrogens with zero attached hydrogens (tertiary/aromatic N) is 1. The van der Waals surface area contributed by atoms with E-state index in [-0.39, 0.29) is 5.82 Å². The molecule has 1 N–H and O–H groups in total. The van der Waals surface area contributed by atoms with Crippen LogP contribution in [0.1, 0.15) is 5.56 Å². The van der Waals surface area contributed by atoms with Crippen LogP contribution >= 0.6 is 0 Å². The lowest BCUT2D eigenvalue weighted by Crippen LogP contribution is -1.96. The van der Waals surface area contributed by atoms with Crippen LogP contribution in [-0.4, -0.2) is 12.0 Å². The first-order valence-electron chi connectivity index (χ1n) is 5.12. The van der Waals surface area contributed by atoms with Crippen molar-refractivity contribution in [3.63, 3.8) is 0 Å². The van der Waals surface area contributed by atoms with Gasteiger partial charge in [-0.15, -0.1) is 0 Å². The number of aromatic nitrogens is 1. The maximum atomic E-state index is 14.0. The van der Waals surface area contributed by atoms with Crippen LogP contribution in [-0.2, 0) is 0 Å². The summed E-state index contributed by atoms with van der Waals surface area (Å²) in [5, 5.41) is 2.82. The number of pyridine rings is 1. The van der Waals surface area contributed by atoms with Crippen LogP contribution in [0.25, 0.3) is 11.3 Å². The number of rotatable bonds is 2. The van der Waals surface area contributed by atoms with Crippen LogP contribution in [0.2, 0.25) is 0 Å². The number of anilines is 1. The third-order valence-corrected chi connectivity index (χ3v) is 2.53. The summed E-state index contributed by atoms with van der Waals surface area (Å²) in [6.07, 6.45) is 1.67. The summed E-state index contributed by atoms with van der Waals surface area (Å²) in [7, 11) is 1.70. The van der Waals surface area contributed by atoms with Gasteiger partial charge in [0.15, 0.2) is 5.82 Å². The van der Waals surface area contributed by atoms with Gasteiger partial charge in [-0.3, -0.25) is 4.98 Å². The molecule has 1 aromatic carbocycles. The average molecular weight is 216 g/mol. The summed E-state index contributed by atoms with van der Waals surface area (Å²) in [6.45, 7) is 1.92. The Morgan fingerprint density at radius 2 is 2.00 bits per heavy atom. The van der Waals surface area contributed by atoms with Crippen molar-refractivity contribution < 1.29 is 4.39 Å². The molecule has 0 spiro atoms. The standard InChI is InChI=1S/C13H13FN2/c1-9-5-4-8-16-13(9)10-6-3-7-11(15-2)12(10)14/h3-8,15H,1-2H3. The monoisotopic (exact) mass is 216 g/mol. The van der Waals surface area contributed by atoms with Crippen molar-refractivity contribution in [3.05, 3.63) is 47.9 Å². The van der Waals surface area contributed by atoms with Crippen LogP contribution in [0.5, 0.6) is 0 Å². The fraction of sp³-hybridized carbons (Fsp3) is 0.154. The minimum absolute atomic E-state index is 0.258. The molecule has 0 unspecified atom stereocenters. The van der Waals surface area contributed by atoms with E-state index in [0.29, 0.717) is 16.9 Å². The normalized spacial score (nSPS) is 10.2. The van der Waals surface area contributed by atoms with Crippen molar-refractivity contribution in [2.45, 2.75) is 6.92 Å². The highest BCUT2D eigenvalue weighted by atomic mass is 19.1. The summed E-state index contributed by atoms with van der Waals surface area (Å²) in [4.78, 5) is 4.22. The lowest BCUT2D eigenvalue weighted by Gasteiger charge is -2.09. The molecule has 0 bridgehead atoms. The molecule has 0 aliphatic rings. The Balaban J connectivity index is 2.61. The highest BCUT2D eigenvalue weighted by molar-refractivity contribution is 5.68. The minimum atomic E-state index is -0.258. The Bertz CT molecular complexity index is 509. The third-order valence-electron chi connectivity index (χ3n) is 2.53. The number of hydrogen-bond acceptors (Lipinski definition) is 2. The third kappa shape index (κ3) is 1.76. The fourth-order valence-electron chi connectivity index (χ4n) is 1.68. The van der Waals surface area contributed by atoms with Gasteiger partial charge in [-0.2, -0.15) is 0 Å². The average Bonchev–Trinajstić information content (AvgIpc) is 2.31. The van der Waals surface area contributed by atoms with Gasteiger partial charge >= 0.3 is 0 Å². The second-order valence-corrected chi connectivity index (χ2v) is 3.59. The van der Waals surface area contributed by atoms with Gasteiger partial charge in [-0.05, 0) is 30.7 Å². The van der Waals surface area contributed by atoms with Crippen LogP contribution in [0, 0.1) is 12.7 Å². The number of nitrogens with one attached hydrogen (secondary N) is 1. The molecule has 3 heteroatoms. The molecule has 2 rings (SSSR count). The van der Waals surface area contributed by atoms with Gasteiger partial charge < -0.3 is 5.32 Å². The second kappa shape index (κ2) is 4.31. The maximum Gasteiger partial charge on any atom is 0.155 e. The van der Waals surface area contributed by atoms with Gasteiger partial charge in [-0.1, -0.05) is 12.1 Å². The molecule has 82 valence electrons. The van der Waals surface area contributed by atoms with Crippen molar-refractivity contribution in [2.75, 3.05) is 12.4 Å². The molecule has 0 aliphatic heterocycles. The predicted molar refractivity (Wildman–Crippen MR) is 63.9 cm³/mol. The Morgan fingerprint density at radius 1 is 1.19 bits per heavy atom. The van der Waals surface area contributed by atoms with Crippen LogP contribution in [0.4, 0.5) is 10.1 Å².